The molecule has 1 aliphatic heterocycles. The van der Waals surface area contributed by atoms with Crippen LogP contribution in [-0.2, 0) is 19.6 Å². The zero-order valence-electron chi connectivity index (χ0n) is 23.6. The molecule has 0 aliphatic carbocycles. The quantitative estimate of drug-likeness (QED) is 0.257. The van der Waals surface area contributed by atoms with E-state index in [9.17, 15) is 13.2 Å². The zero-order chi connectivity index (χ0) is 29.7. The van der Waals surface area contributed by atoms with Crippen LogP contribution in [0.4, 0.5) is 0 Å². The summed E-state index contributed by atoms with van der Waals surface area (Å²) in [6.45, 7) is -0.317. The molecule has 4 aromatic rings. The van der Waals surface area contributed by atoms with Crippen LogP contribution in [0.5, 0.6) is 11.5 Å². The van der Waals surface area contributed by atoms with Gasteiger partial charge in [0.2, 0.25) is 10.0 Å². The molecule has 1 atom stereocenters. The Morgan fingerprint density at radius 2 is 1.64 bits per heavy atom. The van der Waals surface area contributed by atoms with Gasteiger partial charge in [0.15, 0.2) is 0 Å². The number of carbonyl (C=O) groups excluding carboxylic acids is 1. The van der Waals surface area contributed by atoms with E-state index in [2.05, 4.69) is 4.98 Å². The lowest BCUT2D eigenvalue weighted by molar-refractivity contribution is -0.133. The summed E-state index contributed by atoms with van der Waals surface area (Å²) in [6, 6.07) is 21.1. The van der Waals surface area contributed by atoms with Crippen molar-refractivity contribution in [3.05, 3.63) is 96.3 Å². The van der Waals surface area contributed by atoms with E-state index in [1.807, 2.05) is 48.5 Å². The average molecular weight is 589 g/mol. The number of carbonyl (C=O) groups is 1. The van der Waals surface area contributed by atoms with Gasteiger partial charge in [-0.15, -0.1) is 0 Å². The lowest BCUT2D eigenvalue weighted by Crippen LogP contribution is -2.42. The molecule has 2 heterocycles. The second-order valence-corrected chi connectivity index (χ2v) is 11.6. The van der Waals surface area contributed by atoms with E-state index in [-0.39, 0.29) is 18.0 Å². The molecule has 3 aromatic carbocycles. The maximum Gasteiger partial charge on any atom is 0.258 e. The molecule has 11 heteroatoms. The highest BCUT2D eigenvalue weighted by molar-refractivity contribution is 7.89. The third-order valence-corrected chi connectivity index (χ3v) is 9.11. The SMILES string of the molecule is COCCN(CC(=O)N1N=C(c2ccc(OC)cc2)CC1c1ccc(OC)cc1)S(=O)(=O)c1cccc2cnccc12. The molecule has 10 nitrogen and oxygen atoms in total. The summed E-state index contributed by atoms with van der Waals surface area (Å²) in [5, 5.41) is 7.32. The summed E-state index contributed by atoms with van der Waals surface area (Å²) in [5.74, 6) is 0.939. The fraction of sp³-hybridized carbons (Fsp3) is 0.258. The first-order valence-electron chi connectivity index (χ1n) is 13.4. The summed E-state index contributed by atoms with van der Waals surface area (Å²) >= 11 is 0. The van der Waals surface area contributed by atoms with Crippen molar-refractivity contribution in [2.75, 3.05) is 41.0 Å². The molecule has 1 aliphatic rings. The number of hydrogen-bond donors (Lipinski definition) is 0. The van der Waals surface area contributed by atoms with Gasteiger partial charge in [0, 0.05) is 43.2 Å². The van der Waals surface area contributed by atoms with Crippen molar-refractivity contribution in [1.29, 1.82) is 0 Å². The number of sulfonamides is 1. The monoisotopic (exact) mass is 588 g/mol. The van der Waals surface area contributed by atoms with Gasteiger partial charge in [-0.2, -0.15) is 9.41 Å². The number of methoxy groups -OCH3 is 3. The molecule has 0 saturated heterocycles. The second-order valence-electron chi connectivity index (χ2n) is 9.69. The number of benzene rings is 3. The largest absolute Gasteiger partial charge is 0.497 e. The highest BCUT2D eigenvalue weighted by Gasteiger charge is 2.36. The molecule has 0 radical (unpaired) electrons. The zero-order valence-corrected chi connectivity index (χ0v) is 24.5. The van der Waals surface area contributed by atoms with Crippen molar-refractivity contribution in [3.8, 4) is 11.5 Å². The van der Waals surface area contributed by atoms with E-state index in [4.69, 9.17) is 19.3 Å². The van der Waals surface area contributed by atoms with Crippen molar-refractivity contribution in [2.24, 2.45) is 5.10 Å². The minimum absolute atomic E-state index is 0.0118. The van der Waals surface area contributed by atoms with Gasteiger partial charge in [0.25, 0.3) is 5.91 Å². The fourth-order valence-electron chi connectivity index (χ4n) is 4.94. The number of hydrazone groups is 1. The molecule has 5 rings (SSSR count). The van der Waals surface area contributed by atoms with E-state index >= 15 is 0 Å². The fourth-order valence-corrected chi connectivity index (χ4v) is 6.53. The standard InChI is InChI=1S/C31H32N4O6S/c1-39-18-17-34(42(37,38)30-6-4-5-24-20-32-16-15-27(24)30)21-31(36)35-29(23-9-13-26(41-3)14-10-23)19-28(33-35)22-7-11-25(40-2)12-8-22/h4-16,20,29H,17-19,21H2,1-3H3. The topological polar surface area (TPSA) is 111 Å². The average Bonchev–Trinajstić information content (AvgIpc) is 3.48. The number of ether oxygens (including phenoxy) is 3. The summed E-state index contributed by atoms with van der Waals surface area (Å²) in [6.07, 6.45) is 3.61. The number of rotatable bonds is 11. The number of nitrogens with zero attached hydrogens (tertiary/aromatic N) is 4. The Kier molecular flexibility index (Phi) is 8.81. The van der Waals surface area contributed by atoms with E-state index in [1.54, 1.807) is 44.8 Å². The summed E-state index contributed by atoms with van der Waals surface area (Å²) < 4.78 is 44.9. The van der Waals surface area contributed by atoms with E-state index in [0.717, 1.165) is 15.4 Å². The van der Waals surface area contributed by atoms with Gasteiger partial charge in [-0.05, 0) is 59.7 Å². The Bertz CT molecular complexity index is 1690. The van der Waals surface area contributed by atoms with Crippen LogP contribution in [0, 0.1) is 0 Å². The smallest absolute Gasteiger partial charge is 0.258 e. The molecule has 0 N–H and O–H groups in total. The Balaban J connectivity index is 1.49. The number of pyridine rings is 1. The first-order valence-corrected chi connectivity index (χ1v) is 14.8. The van der Waals surface area contributed by atoms with Crippen LogP contribution in [0.15, 0.2) is 95.2 Å². The molecular formula is C31H32N4O6S. The number of aromatic nitrogens is 1. The highest BCUT2D eigenvalue weighted by atomic mass is 32.2. The predicted octanol–water partition coefficient (Wildman–Crippen LogP) is 4.27. The molecule has 42 heavy (non-hydrogen) atoms. The first kappa shape index (κ1) is 29.2. The number of fused-ring (bicyclic) bond motifs is 1. The van der Waals surface area contributed by atoms with Gasteiger partial charge in [0.05, 0.1) is 44.0 Å². The van der Waals surface area contributed by atoms with Gasteiger partial charge >= 0.3 is 0 Å². The summed E-state index contributed by atoms with van der Waals surface area (Å²) in [5.41, 5.74) is 2.40. The maximum absolute atomic E-state index is 14.0. The molecule has 1 aromatic heterocycles. The van der Waals surface area contributed by atoms with Crippen LogP contribution in [0.2, 0.25) is 0 Å². The molecule has 1 unspecified atom stereocenters. The maximum atomic E-state index is 14.0. The Morgan fingerprint density at radius 1 is 0.952 bits per heavy atom. The third-order valence-electron chi connectivity index (χ3n) is 7.20. The van der Waals surface area contributed by atoms with Crippen molar-refractivity contribution < 1.29 is 27.4 Å². The minimum Gasteiger partial charge on any atom is -0.497 e. The van der Waals surface area contributed by atoms with Gasteiger partial charge in [0.1, 0.15) is 11.5 Å². The van der Waals surface area contributed by atoms with Gasteiger partial charge in [-0.1, -0.05) is 24.3 Å². The molecule has 0 saturated carbocycles. The lowest BCUT2D eigenvalue weighted by atomic mass is 9.98. The Labute approximate surface area is 245 Å². The molecule has 1 amide bonds. The van der Waals surface area contributed by atoms with Crippen molar-refractivity contribution in [1.82, 2.24) is 14.3 Å². The normalized spacial score (nSPS) is 15.2. The Morgan fingerprint density at radius 3 is 2.31 bits per heavy atom. The molecule has 218 valence electrons. The summed E-state index contributed by atoms with van der Waals surface area (Å²) in [4.78, 5) is 18.2. The van der Waals surface area contributed by atoms with Crippen LogP contribution in [0.25, 0.3) is 10.8 Å². The van der Waals surface area contributed by atoms with Crippen LogP contribution < -0.4 is 9.47 Å². The van der Waals surface area contributed by atoms with E-state index in [1.165, 1.54) is 18.2 Å². The first-order chi connectivity index (χ1) is 20.3. The molecule has 0 spiro atoms. The number of amides is 1. The number of hydrogen-bond acceptors (Lipinski definition) is 8. The van der Waals surface area contributed by atoms with Crippen LogP contribution >= 0.6 is 0 Å². The molecule has 0 bridgehead atoms. The minimum atomic E-state index is -4.09. The van der Waals surface area contributed by atoms with E-state index in [0.29, 0.717) is 34.4 Å². The van der Waals surface area contributed by atoms with Crippen molar-refractivity contribution in [2.45, 2.75) is 17.4 Å². The van der Waals surface area contributed by atoms with Crippen LogP contribution in [0.1, 0.15) is 23.6 Å². The lowest BCUT2D eigenvalue weighted by Gasteiger charge is -2.27. The third kappa shape index (κ3) is 5.98. The second kappa shape index (κ2) is 12.7. The summed E-state index contributed by atoms with van der Waals surface area (Å²) in [7, 11) is 0.586. The molecular weight excluding hydrogens is 556 g/mol. The van der Waals surface area contributed by atoms with Gasteiger partial charge in [-0.25, -0.2) is 13.4 Å². The van der Waals surface area contributed by atoms with Crippen molar-refractivity contribution in [3.63, 3.8) is 0 Å². The van der Waals surface area contributed by atoms with Gasteiger partial charge in [-0.3, -0.25) is 9.78 Å². The van der Waals surface area contributed by atoms with E-state index < -0.39 is 28.5 Å². The van der Waals surface area contributed by atoms with Crippen LogP contribution in [0.3, 0.4) is 0 Å². The highest BCUT2D eigenvalue weighted by Crippen LogP contribution is 2.34. The van der Waals surface area contributed by atoms with Crippen molar-refractivity contribution >= 4 is 32.4 Å². The molecule has 0 fully saturated rings. The Hall–Kier alpha value is -4.32. The predicted molar refractivity (Wildman–Crippen MR) is 159 cm³/mol. The van der Waals surface area contributed by atoms with Crippen LogP contribution in [-0.4, -0.2) is 75.4 Å². The van der Waals surface area contributed by atoms with Gasteiger partial charge < -0.3 is 14.2 Å².